The second kappa shape index (κ2) is 4.95. The van der Waals surface area contributed by atoms with Crippen LogP contribution in [0.4, 0.5) is 0 Å². The second-order valence-electron chi connectivity index (χ2n) is 4.89. The molecule has 1 fully saturated rings. The highest BCUT2D eigenvalue weighted by Crippen LogP contribution is 2.31. The average molecular weight is 222 g/mol. The number of nitrogens with one attached hydrogen (secondary N) is 1. The van der Waals surface area contributed by atoms with Crippen molar-refractivity contribution in [2.24, 2.45) is 11.8 Å². The van der Waals surface area contributed by atoms with Gasteiger partial charge in [0.05, 0.1) is 6.54 Å². The summed E-state index contributed by atoms with van der Waals surface area (Å²) >= 11 is 0. The van der Waals surface area contributed by atoms with Gasteiger partial charge in [-0.3, -0.25) is 0 Å². The molecule has 1 aliphatic carbocycles. The first-order valence-electron chi connectivity index (χ1n) is 6.32. The van der Waals surface area contributed by atoms with Crippen LogP contribution in [0.15, 0.2) is 6.33 Å². The van der Waals surface area contributed by atoms with Crippen molar-refractivity contribution in [2.45, 2.75) is 52.7 Å². The Morgan fingerprint density at radius 2 is 2.25 bits per heavy atom. The first-order valence-corrected chi connectivity index (χ1v) is 6.32. The maximum Gasteiger partial charge on any atom is 0.140 e. The number of aromatic nitrogens is 3. The molecule has 16 heavy (non-hydrogen) atoms. The van der Waals surface area contributed by atoms with E-state index in [1.807, 2.05) is 4.68 Å². The molecule has 4 nitrogen and oxygen atoms in total. The Hall–Kier alpha value is -0.900. The minimum absolute atomic E-state index is 0.650. The van der Waals surface area contributed by atoms with E-state index in [0.717, 1.165) is 30.7 Å². The van der Waals surface area contributed by atoms with Crippen LogP contribution in [-0.4, -0.2) is 20.8 Å². The van der Waals surface area contributed by atoms with Crippen LogP contribution >= 0.6 is 0 Å². The molecule has 2 rings (SSSR count). The van der Waals surface area contributed by atoms with Gasteiger partial charge in [-0.2, -0.15) is 5.10 Å². The topological polar surface area (TPSA) is 42.7 Å². The van der Waals surface area contributed by atoms with Gasteiger partial charge in [0.25, 0.3) is 0 Å². The molecule has 1 saturated carbocycles. The van der Waals surface area contributed by atoms with Crippen LogP contribution in [0.3, 0.4) is 0 Å². The molecule has 0 saturated heterocycles. The van der Waals surface area contributed by atoms with Crippen LogP contribution in [0, 0.1) is 11.8 Å². The summed E-state index contributed by atoms with van der Waals surface area (Å²) in [6.07, 6.45) is 4.28. The van der Waals surface area contributed by atoms with Gasteiger partial charge < -0.3 is 5.32 Å². The number of nitrogens with zero attached hydrogens (tertiary/aromatic N) is 3. The van der Waals surface area contributed by atoms with Crippen LogP contribution in [0.2, 0.25) is 0 Å². The summed E-state index contributed by atoms with van der Waals surface area (Å²) in [5, 5.41) is 7.79. The van der Waals surface area contributed by atoms with E-state index in [1.54, 1.807) is 6.33 Å². The highest BCUT2D eigenvalue weighted by atomic mass is 15.3. The van der Waals surface area contributed by atoms with E-state index in [4.69, 9.17) is 0 Å². The second-order valence-corrected chi connectivity index (χ2v) is 4.89. The van der Waals surface area contributed by atoms with E-state index >= 15 is 0 Å². The lowest BCUT2D eigenvalue weighted by atomic mass is 9.98. The molecule has 0 bridgehead atoms. The Kier molecular flexibility index (Phi) is 3.59. The number of aryl methyl sites for hydroxylation is 1. The van der Waals surface area contributed by atoms with Crippen LogP contribution < -0.4 is 5.32 Å². The van der Waals surface area contributed by atoms with Crippen LogP contribution in [0.25, 0.3) is 0 Å². The van der Waals surface area contributed by atoms with Gasteiger partial charge in [-0.05, 0) is 31.6 Å². The normalized spacial score (nSPS) is 29.8. The van der Waals surface area contributed by atoms with Crippen LogP contribution in [-0.2, 0) is 13.1 Å². The Labute approximate surface area is 97.5 Å². The van der Waals surface area contributed by atoms with E-state index in [-0.39, 0.29) is 0 Å². The van der Waals surface area contributed by atoms with E-state index in [2.05, 4.69) is 36.2 Å². The van der Waals surface area contributed by atoms with Crippen molar-refractivity contribution in [1.82, 2.24) is 20.1 Å². The molecule has 0 amide bonds. The minimum atomic E-state index is 0.650. The van der Waals surface area contributed by atoms with Gasteiger partial charge in [0.2, 0.25) is 0 Å². The summed E-state index contributed by atoms with van der Waals surface area (Å²) < 4.78 is 1.95. The van der Waals surface area contributed by atoms with Gasteiger partial charge in [0.15, 0.2) is 0 Å². The molecule has 90 valence electrons. The zero-order valence-corrected chi connectivity index (χ0v) is 10.5. The molecule has 4 heteroatoms. The molecule has 3 atom stereocenters. The largest absolute Gasteiger partial charge is 0.307 e. The third-order valence-corrected chi connectivity index (χ3v) is 3.98. The monoisotopic (exact) mass is 222 g/mol. The Bertz CT molecular complexity index is 334. The maximum atomic E-state index is 4.28. The number of hydrogen-bond acceptors (Lipinski definition) is 3. The van der Waals surface area contributed by atoms with Crippen molar-refractivity contribution in [3.05, 3.63) is 12.2 Å². The van der Waals surface area contributed by atoms with Gasteiger partial charge in [-0.15, -0.1) is 0 Å². The fraction of sp³-hybridized carbons (Fsp3) is 0.833. The summed E-state index contributed by atoms with van der Waals surface area (Å²) in [7, 11) is 0. The Morgan fingerprint density at radius 3 is 2.88 bits per heavy atom. The third-order valence-electron chi connectivity index (χ3n) is 3.98. The smallest absolute Gasteiger partial charge is 0.140 e. The molecule has 0 radical (unpaired) electrons. The summed E-state index contributed by atoms with van der Waals surface area (Å²) in [6, 6.07) is 0.650. The molecule has 1 N–H and O–H groups in total. The fourth-order valence-electron chi connectivity index (χ4n) is 2.56. The molecule has 1 heterocycles. The van der Waals surface area contributed by atoms with Crippen LogP contribution in [0.5, 0.6) is 0 Å². The molecule has 1 aliphatic rings. The fourth-order valence-corrected chi connectivity index (χ4v) is 2.56. The summed E-state index contributed by atoms with van der Waals surface area (Å²) in [6.45, 7) is 8.53. The predicted octanol–water partition coefficient (Wildman–Crippen LogP) is 1.82. The number of rotatable bonds is 4. The van der Waals surface area contributed by atoms with Gasteiger partial charge >= 0.3 is 0 Å². The lowest BCUT2D eigenvalue weighted by Crippen LogP contribution is -2.32. The van der Waals surface area contributed by atoms with E-state index in [1.165, 1.54) is 12.8 Å². The molecule has 0 aromatic carbocycles. The molecule has 3 unspecified atom stereocenters. The lowest BCUT2D eigenvalue weighted by molar-refractivity contribution is 0.364. The van der Waals surface area contributed by atoms with Gasteiger partial charge in [-0.1, -0.05) is 13.8 Å². The Balaban J connectivity index is 1.88. The quantitative estimate of drug-likeness (QED) is 0.845. The Morgan fingerprint density at radius 1 is 1.44 bits per heavy atom. The maximum absolute atomic E-state index is 4.28. The molecule has 1 aromatic rings. The zero-order valence-electron chi connectivity index (χ0n) is 10.5. The molecule has 0 spiro atoms. The van der Waals surface area contributed by atoms with Crippen molar-refractivity contribution in [1.29, 1.82) is 0 Å². The SMILES string of the molecule is CCn1ncnc1CNC1CCC(C)C1C. The molecular weight excluding hydrogens is 200 g/mol. The molecule has 1 aromatic heterocycles. The average Bonchev–Trinajstić information content (AvgIpc) is 2.86. The summed E-state index contributed by atoms with van der Waals surface area (Å²) in [4.78, 5) is 4.28. The van der Waals surface area contributed by atoms with E-state index < -0.39 is 0 Å². The highest BCUT2D eigenvalue weighted by Gasteiger charge is 2.29. The third kappa shape index (κ3) is 2.26. The predicted molar refractivity (Wildman–Crippen MR) is 63.9 cm³/mol. The molecule has 0 aliphatic heterocycles. The van der Waals surface area contributed by atoms with Crippen LogP contribution in [0.1, 0.15) is 39.4 Å². The van der Waals surface area contributed by atoms with Crippen molar-refractivity contribution >= 4 is 0 Å². The molecular formula is C12H22N4. The van der Waals surface area contributed by atoms with Crippen molar-refractivity contribution in [3.63, 3.8) is 0 Å². The van der Waals surface area contributed by atoms with Crippen molar-refractivity contribution in [2.75, 3.05) is 0 Å². The highest BCUT2D eigenvalue weighted by molar-refractivity contribution is 4.89. The summed E-state index contributed by atoms with van der Waals surface area (Å²) in [5.41, 5.74) is 0. The van der Waals surface area contributed by atoms with Crippen molar-refractivity contribution in [3.8, 4) is 0 Å². The minimum Gasteiger partial charge on any atom is -0.307 e. The van der Waals surface area contributed by atoms with Gasteiger partial charge in [-0.25, -0.2) is 9.67 Å². The number of hydrogen-bond donors (Lipinski definition) is 1. The van der Waals surface area contributed by atoms with E-state index in [9.17, 15) is 0 Å². The first kappa shape index (κ1) is 11.6. The van der Waals surface area contributed by atoms with Crippen molar-refractivity contribution < 1.29 is 0 Å². The first-order chi connectivity index (χ1) is 7.72. The van der Waals surface area contributed by atoms with E-state index in [0.29, 0.717) is 6.04 Å². The standard InChI is InChI=1S/C12H22N4/c1-4-16-12(14-8-15-16)7-13-11-6-5-9(2)10(11)3/h8-11,13H,4-7H2,1-3H3. The van der Waals surface area contributed by atoms with Gasteiger partial charge in [0, 0.05) is 12.6 Å². The van der Waals surface area contributed by atoms with Gasteiger partial charge in [0.1, 0.15) is 12.2 Å². The summed E-state index contributed by atoms with van der Waals surface area (Å²) in [5.74, 6) is 2.67. The lowest BCUT2D eigenvalue weighted by Gasteiger charge is -2.19. The zero-order chi connectivity index (χ0) is 11.5.